The highest BCUT2D eigenvalue weighted by Crippen LogP contribution is 2.33. The van der Waals surface area contributed by atoms with Crippen LogP contribution < -0.4 is 5.32 Å². The van der Waals surface area contributed by atoms with Crippen LogP contribution in [0.3, 0.4) is 0 Å². The van der Waals surface area contributed by atoms with Gasteiger partial charge in [0.25, 0.3) is 0 Å². The van der Waals surface area contributed by atoms with Crippen molar-refractivity contribution in [3.8, 4) is 0 Å². The molecule has 2 aromatic carbocycles. The van der Waals surface area contributed by atoms with E-state index >= 15 is 0 Å². The number of hydrogen-bond donors (Lipinski definition) is 1. The summed E-state index contributed by atoms with van der Waals surface area (Å²) in [5.74, 6) is 0.595. The molecule has 1 unspecified atom stereocenters. The molecule has 0 bridgehead atoms. The molecule has 1 aliphatic heterocycles. The van der Waals surface area contributed by atoms with Crippen LogP contribution in [0.5, 0.6) is 0 Å². The standard InChI is InChI=1S/C19H19ClN2/c20-16-6-7-19-17(10-16)18(15-8-9-21-11-15)13-22(19)12-14-4-2-1-3-5-14/h1-7,10,13,15,21H,8-9,11-12H2. The Morgan fingerprint density at radius 3 is 2.77 bits per heavy atom. The van der Waals surface area contributed by atoms with Crippen molar-refractivity contribution in [2.75, 3.05) is 13.1 Å². The van der Waals surface area contributed by atoms with Gasteiger partial charge in [-0.15, -0.1) is 0 Å². The van der Waals surface area contributed by atoms with Crippen LogP contribution in [0.1, 0.15) is 23.5 Å². The van der Waals surface area contributed by atoms with Crippen molar-refractivity contribution >= 4 is 22.5 Å². The molecule has 1 fully saturated rings. The predicted molar refractivity (Wildman–Crippen MR) is 92.7 cm³/mol. The normalized spacial score (nSPS) is 18.1. The number of hydrogen-bond acceptors (Lipinski definition) is 1. The van der Waals surface area contributed by atoms with Gasteiger partial charge in [0.2, 0.25) is 0 Å². The molecule has 2 nitrogen and oxygen atoms in total. The van der Waals surface area contributed by atoms with E-state index in [-0.39, 0.29) is 0 Å². The SMILES string of the molecule is Clc1ccc2c(c1)c(C1CCNC1)cn2Cc1ccccc1. The van der Waals surface area contributed by atoms with Crippen LogP contribution in [-0.4, -0.2) is 17.7 Å². The first-order valence-corrected chi connectivity index (χ1v) is 8.22. The van der Waals surface area contributed by atoms with E-state index in [1.165, 1.54) is 28.5 Å². The molecule has 4 rings (SSSR count). The second-order valence-corrected chi connectivity index (χ2v) is 6.49. The van der Waals surface area contributed by atoms with Gasteiger partial charge in [-0.2, -0.15) is 0 Å². The van der Waals surface area contributed by atoms with Crippen molar-refractivity contribution in [1.82, 2.24) is 9.88 Å². The second kappa shape index (κ2) is 5.79. The molecule has 1 aliphatic rings. The van der Waals surface area contributed by atoms with Crippen LogP contribution in [-0.2, 0) is 6.54 Å². The predicted octanol–water partition coefficient (Wildman–Crippen LogP) is 4.42. The Hall–Kier alpha value is -1.77. The largest absolute Gasteiger partial charge is 0.343 e. The minimum atomic E-state index is 0.595. The van der Waals surface area contributed by atoms with Gasteiger partial charge in [0, 0.05) is 35.2 Å². The molecule has 3 aromatic rings. The highest BCUT2D eigenvalue weighted by molar-refractivity contribution is 6.31. The van der Waals surface area contributed by atoms with Crippen molar-refractivity contribution in [1.29, 1.82) is 0 Å². The van der Waals surface area contributed by atoms with E-state index in [1.54, 1.807) is 0 Å². The van der Waals surface area contributed by atoms with E-state index in [2.05, 4.69) is 58.5 Å². The van der Waals surface area contributed by atoms with E-state index in [0.29, 0.717) is 5.92 Å². The minimum absolute atomic E-state index is 0.595. The van der Waals surface area contributed by atoms with Crippen LogP contribution in [0.25, 0.3) is 10.9 Å². The van der Waals surface area contributed by atoms with Gasteiger partial charge in [0.05, 0.1) is 0 Å². The summed E-state index contributed by atoms with van der Waals surface area (Å²) in [6.07, 6.45) is 3.53. The summed E-state index contributed by atoms with van der Waals surface area (Å²) in [4.78, 5) is 0. The topological polar surface area (TPSA) is 17.0 Å². The molecule has 0 aliphatic carbocycles. The van der Waals surface area contributed by atoms with E-state index in [0.717, 1.165) is 24.7 Å². The number of nitrogens with zero attached hydrogens (tertiary/aromatic N) is 1. The van der Waals surface area contributed by atoms with Crippen molar-refractivity contribution in [3.05, 3.63) is 70.9 Å². The molecule has 0 amide bonds. The molecular formula is C19H19ClN2. The summed E-state index contributed by atoms with van der Waals surface area (Å²) < 4.78 is 2.36. The van der Waals surface area contributed by atoms with Gasteiger partial charge in [0.1, 0.15) is 0 Å². The molecule has 1 saturated heterocycles. The fraction of sp³-hybridized carbons (Fsp3) is 0.263. The van der Waals surface area contributed by atoms with Gasteiger partial charge in [-0.25, -0.2) is 0 Å². The molecular weight excluding hydrogens is 292 g/mol. The Kier molecular flexibility index (Phi) is 3.65. The van der Waals surface area contributed by atoms with E-state index in [4.69, 9.17) is 11.6 Å². The summed E-state index contributed by atoms with van der Waals surface area (Å²) in [5.41, 5.74) is 4.03. The Morgan fingerprint density at radius 2 is 2.00 bits per heavy atom. The van der Waals surface area contributed by atoms with Gasteiger partial charge in [0.15, 0.2) is 0 Å². The first-order valence-electron chi connectivity index (χ1n) is 7.84. The number of fused-ring (bicyclic) bond motifs is 1. The molecule has 0 spiro atoms. The minimum Gasteiger partial charge on any atom is -0.343 e. The van der Waals surface area contributed by atoms with Crippen molar-refractivity contribution in [2.45, 2.75) is 18.9 Å². The number of aromatic nitrogens is 1. The zero-order chi connectivity index (χ0) is 14.9. The monoisotopic (exact) mass is 310 g/mol. The number of halogens is 1. The van der Waals surface area contributed by atoms with E-state index < -0.39 is 0 Å². The second-order valence-electron chi connectivity index (χ2n) is 6.05. The fourth-order valence-corrected chi connectivity index (χ4v) is 3.63. The maximum absolute atomic E-state index is 6.24. The lowest BCUT2D eigenvalue weighted by molar-refractivity contribution is 0.754. The lowest BCUT2D eigenvalue weighted by Crippen LogP contribution is -2.07. The summed E-state index contributed by atoms with van der Waals surface area (Å²) in [6.45, 7) is 3.08. The molecule has 1 aromatic heterocycles. The molecule has 0 saturated carbocycles. The van der Waals surface area contributed by atoms with E-state index in [9.17, 15) is 0 Å². The number of rotatable bonds is 3. The zero-order valence-electron chi connectivity index (χ0n) is 12.4. The van der Waals surface area contributed by atoms with Crippen molar-refractivity contribution in [3.63, 3.8) is 0 Å². The van der Waals surface area contributed by atoms with Gasteiger partial charge in [-0.3, -0.25) is 0 Å². The van der Waals surface area contributed by atoms with Crippen LogP contribution in [0.2, 0.25) is 5.02 Å². The third-order valence-electron chi connectivity index (χ3n) is 4.57. The number of benzene rings is 2. The summed E-state index contributed by atoms with van der Waals surface area (Å²) in [5, 5.41) is 5.59. The third kappa shape index (κ3) is 2.53. The van der Waals surface area contributed by atoms with E-state index in [1.807, 2.05) is 6.07 Å². The van der Waals surface area contributed by atoms with Crippen LogP contribution >= 0.6 is 11.6 Å². The summed E-state index contributed by atoms with van der Waals surface area (Å²) >= 11 is 6.24. The maximum Gasteiger partial charge on any atom is 0.0487 e. The Labute approximate surface area is 135 Å². The number of nitrogens with one attached hydrogen (secondary N) is 1. The molecule has 3 heteroatoms. The average Bonchev–Trinajstić information content (AvgIpc) is 3.16. The van der Waals surface area contributed by atoms with Gasteiger partial charge in [-0.1, -0.05) is 41.9 Å². The average molecular weight is 311 g/mol. The molecule has 2 heterocycles. The highest BCUT2D eigenvalue weighted by Gasteiger charge is 2.21. The van der Waals surface area contributed by atoms with Gasteiger partial charge >= 0.3 is 0 Å². The summed E-state index contributed by atoms with van der Waals surface area (Å²) in [6, 6.07) is 16.9. The van der Waals surface area contributed by atoms with Crippen LogP contribution in [0.4, 0.5) is 0 Å². The van der Waals surface area contributed by atoms with Crippen LogP contribution in [0, 0.1) is 0 Å². The smallest absolute Gasteiger partial charge is 0.0487 e. The molecule has 22 heavy (non-hydrogen) atoms. The van der Waals surface area contributed by atoms with Crippen molar-refractivity contribution in [2.24, 2.45) is 0 Å². The Balaban J connectivity index is 1.81. The molecule has 1 N–H and O–H groups in total. The van der Waals surface area contributed by atoms with Crippen LogP contribution in [0.15, 0.2) is 54.7 Å². The Bertz CT molecular complexity index is 786. The highest BCUT2D eigenvalue weighted by atomic mass is 35.5. The van der Waals surface area contributed by atoms with Gasteiger partial charge in [-0.05, 0) is 48.2 Å². The first-order chi connectivity index (χ1) is 10.8. The fourth-order valence-electron chi connectivity index (χ4n) is 3.45. The lowest BCUT2D eigenvalue weighted by atomic mass is 9.98. The maximum atomic E-state index is 6.24. The molecule has 1 atom stereocenters. The quantitative estimate of drug-likeness (QED) is 0.758. The summed E-state index contributed by atoms with van der Waals surface area (Å²) in [7, 11) is 0. The third-order valence-corrected chi connectivity index (χ3v) is 4.80. The molecule has 0 radical (unpaired) electrons. The van der Waals surface area contributed by atoms with Crippen molar-refractivity contribution < 1.29 is 0 Å². The Morgan fingerprint density at radius 1 is 1.14 bits per heavy atom. The first kappa shape index (κ1) is 13.9. The van der Waals surface area contributed by atoms with Gasteiger partial charge < -0.3 is 9.88 Å². The zero-order valence-corrected chi connectivity index (χ0v) is 13.2. The lowest BCUT2D eigenvalue weighted by Gasteiger charge is -2.06. The molecule has 112 valence electrons.